The highest BCUT2D eigenvalue weighted by molar-refractivity contribution is 5.75. The molecule has 1 heterocycles. The Morgan fingerprint density at radius 1 is 1.35 bits per heavy atom. The van der Waals surface area contributed by atoms with Crippen molar-refractivity contribution in [3.05, 3.63) is 0 Å². The Morgan fingerprint density at radius 3 is 2.59 bits per heavy atom. The lowest BCUT2D eigenvalue weighted by molar-refractivity contribution is -0.121. The SMILES string of the molecule is CC1(C)CC1CNC(=O)CCC1CCNCC1. The van der Waals surface area contributed by atoms with Gasteiger partial charge in [-0.1, -0.05) is 13.8 Å². The molecule has 1 aliphatic heterocycles. The molecule has 98 valence electrons. The lowest BCUT2D eigenvalue weighted by Crippen LogP contribution is -2.30. The van der Waals surface area contributed by atoms with Gasteiger partial charge in [-0.15, -0.1) is 0 Å². The molecule has 0 aromatic rings. The molecule has 2 aliphatic rings. The molecule has 1 atom stereocenters. The maximum absolute atomic E-state index is 11.7. The highest BCUT2D eigenvalue weighted by Crippen LogP contribution is 2.50. The van der Waals surface area contributed by atoms with Gasteiger partial charge in [0.2, 0.25) is 5.91 Å². The molecule has 0 bridgehead atoms. The molecule has 0 aromatic carbocycles. The Bertz CT molecular complexity index is 269. The second kappa shape index (κ2) is 5.38. The number of carbonyl (C=O) groups is 1. The van der Waals surface area contributed by atoms with Crippen LogP contribution in [-0.4, -0.2) is 25.5 Å². The van der Waals surface area contributed by atoms with E-state index in [0.717, 1.165) is 38.4 Å². The molecule has 0 spiro atoms. The highest BCUT2D eigenvalue weighted by Gasteiger charge is 2.45. The summed E-state index contributed by atoms with van der Waals surface area (Å²) in [5.41, 5.74) is 0.475. The molecule has 1 aliphatic carbocycles. The lowest BCUT2D eigenvalue weighted by Gasteiger charge is -2.22. The van der Waals surface area contributed by atoms with E-state index in [1.165, 1.54) is 19.3 Å². The minimum absolute atomic E-state index is 0.256. The molecule has 1 amide bonds. The zero-order valence-corrected chi connectivity index (χ0v) is 11.2. The van der Waals surface area contributed by atoms with Crippen molar-refractivity contribution in [2.75, 3.05) is 19.6 Å². The number of hydrogen-bond donors (Lipinski definition) is 2. The van der Waals surface area contributed by atoms with E-state index in [1.807, 2.05) is 0 Å². The van der Waals surface area contributed by atoms with Crippen LogP contribution in [0.25, 0.3) is 0 Å². The monoisotopic (exact) mass is 238 g/mol. The largest absolute Gasteiger partial charge is 0.356 e. The van der Waals surface area contributed by atoms with E-state index < -0.39 is 0 Å². The summed E-state index contributed by atoms with van der Waals surface area (Å²) in [6, 6.07) is 0. The van der Waals surface area contributed by atoms with Crippen LogP contribution in [0.3, 0.4) is 0 Å². The fourth-order valence-corrected chi connectivity index (χ4v) is 2.76. The van der Waals surface area contributed by atoms with E-state index in [9.17, 15) is 4.79 Å². The van der Waals surface area contributed by atoms with Crippen LogP contribution in [0.4, 0.5) is 0 Å². The molecular formula is C14H26N2O. The number of piperidine rings is 1. The van der Waals surface area contributed by atoms with Gasteiger partial charge in [0, 0.05) is 13.0 Å². The van der Waals surface area contributed by atoms with Gasteiger partial charge in [0.15, 0.2) is 0 Å². The van der Waals surface area contributed by atoms with Crippen LogP contribution < -0.4 is 10.6 Å². The molecule has 2 rings (SSSR count). The standard InChI is InChI=1S/C14H26N2O/c1-14(2)9-12(14)10-16-13(17)4-3-11-5-7-15-8-6-11/h11-12,15H,3-10H2,1-2H3,(H,16,17). The molecule has 1 unspecified atom stereocenters. The van der Waals surface area contributed by atoms with Gasteiger partial charge >= 0.3 is 0 Å². The van der Waals surface area contributed by atoms with Crippen LogP contribution in [0.1, 0.15) is 46.0 Å². The van der Waals surface area contributed by atoms with Gasteiger partial charge in [-0.25, -0.2) is 0 Å². The topological polar surface area (TPSA) is 41.1 Å². The summed E-state index contributed by atoms with van der Waals surface area (Å²) in [5.74, 6) is 1.73. The molecular weight excluding hydrogens is 212 g/mol. The van der Waals surface area contributed by atoms with Gasteiger partial charge in [-0.05, 0) is 56.0 Å². The summed E-state index contributed by atoms with van der Waals surface area (Å²) in [5, 5.41) is 6.44. The Morgan fingerprint density at radius 2 is 2.00 bits per heavy atom. The Labute approximate surface area is 105 Å². The Balaban J connectivity index is 1.54. The summed E-state index contributed by atoms with van der Waals surface area (Å²) in [7, 11) is 0. The third-order valence-electron chi connectivity index (χ3n) is 4.50. The number of amides is 1. The quantitative estimate of drug-likeness (QED) is 0.768. The average molecular weight is 238 g/mol. The number of carbonyl (C=O) groups excluding carboxylic acids is 1. The molecule has 0 radical (unpaired) electrons. The number of nitrogens with one attached hydrogen (secondary N) is 2. The summed E-state index contributed by atoms with van der Waals surface area (Å²) in [6.07, 6.45) is 5.53. The predicted octanol–water partition coefficient (Wildman–Crippen LogP) is 1.93. The molecule has 2 fully saturated rings. The molecule has 0 aromatic heterocycles. The Hall–Kier alpha value is -0.570. The van der Waals surface area contributed by atoms with E-state index in [1.54, 1.807) is 0 Å². The molecule has 2 N–H and O–H groups in total. The zero-order valence-electron chi connectivity index (χ0n) is 11.2. The third-order valence-corrected chi connectivity index (χ3v) is 4.50. The number of hydrogen-bond acceptors (Lipinski definition) is 2. The van der Waals surface area contributed by atoms with Crippen molar-refractivity contribution in [3.8, 4) is 0 Å². The van der Waals surface area contributed by atoms with Gasteiger partial charge in [0.1, 0.15) is 0 Å². The minimum Gasteiger partial charge on any atom is -0.356 e. The van der Waals surface area contributed by atoms with Crippen molar-refractivity contribution in [2.24, 2.45) is 17.3 Å². The van der Waals surface area contributed by atoms with E-state index in [-0.39, 0.29) is 5.91 Å². The first kappa shape index (κ1) is 12.9. The van der Waals surface area contributed by atoms with Crippen LogP contribution in [-0.2, 0) is 4.79 Å². The fraction of sp³-hybridized carbons (Fsp3) is 0.929. The first-order valence-corrected chi connectivity index (χ1v) is 7.05. The maximum Gasteiger partial charge on any atom is 0.220 e. The van der Waals surface area contributed by atoms with Crippen LogP contribution in [0.5, 0.6) is 0 Å². The number of rotatable bonds is 5. The minimum atomic E-state index is 0.256. The lowest BCUT2D eigenvalue weighted by atomic mass is 9.93. The second-order valence-corrected chi connectivity index (χ2v) is 6.43. The van der Waals surface area contributed by atoms with E-state index in [4.69, 9.17) is 0 Å². The first-order chi connectivity index (χ1) is 8.08. The Kier molecular flexibility index (Phi) is 4.08. The normalized spacial score (nSPS) is 27.8. The van der Waals surface area contributed by atoms with Crippen molar-refractivity contribution in [1.29, 1.82) is 0 Å². The molecule has 1 saturated heterocycles. The van der Waals surface area contributed by atoms with Gasteiger partial charge in [-0.3, -0.25) is 4.79 Å². The van der Waals surface area contributed by atoms with Crippen LogP contribution in [0.2, 0.25) is 0 Å². The maximum atomic E-state index is 11.7. The molecule has 3 heteroatoms. The summed E-state index contributed by atoms with van der Waals surface area (Å²) in [4.78, 5) is 11.7. The van der Waals surface area contributed by atoms with Gasteiger partial charge in [0.25, 0.3) is 0 Å². The first-order valence-electron chi connectivity index (χ1n) is 7.05. The fourth-order valence-electron chi connectivity index (χ4n) is 2.76. The van der Waals surface area contributed by atoms with Crippen LogP contribution in [0.15, 0.2) is 0 Å². The molecule has 1 saturated carbocycles. The van der Waals surface area contributed by atoms with Crippen molar-refractivity contribution >= 4 is 5.91 Å². The molecule has 17 heavy (non-hydrogen) atoms. The van der Waals surface area contributed by atoms with Crippen molar-refractivity contribution in [2.45, 2.75) is 46.0 Å². The highest BCUT2D eigenvalue weighted by atomic mass is 16.1. The third kappa shape index (κ3) is 3.98. The van der Waals surface area contributed by atoms with E-state index in [2.05, 4.69) is 24.5 Å². The smallest absolute Gasteiger partial charge is 0.220 e. The van der Waals surface area contributed by atoms with Crippen molar-refractivity contribution in [1.82, 2.24) is 10.6 Å². The second-order valence-electron chi connectivity index (χ2n) is 6.43. The summed E-state index contributed by atoms with van der Waals surface area (Å²) < 4.78 is 0. The van der Waals surface area contributed by atoms with Gasteiger partial charge in [-0.2, -0.15) is 0 Å². The van der Waals surface area contributed by atoms with Crippen LogP contribution in [0, 0.1) is 17.3 Å². The molecule has 3 nitrogen and oxygen atoms in total. The van der Waals surface area contributed by atoms with Crippen LogP contribution >= 0.6 is 0 Å². The van der Waals surface area contributed by atoms with E-state index >= 15 is 0 Å². The predicted molar refractivity (Wildman–Crippen MR) is 69.7 cm³/mol. The van der Waals surface area contributed by atoms with Gasteiger partial charge in [0.05, 0.1) is 0 Å². The zero-order chi connectivity index (χ0) is 12.3. The summed E-state index contributed by atoms with van der Waals surface area (Å²) >= 11 is 0. The van der Waals surface area contributed by atoms with Crippen molar-refractivity contribution < 1.29 is 4.79 Å². The van der Waals surface area contributed by atoms with E-state index in [0.29, 0.717) is 11.3 Å². The average Bonchev–Trinajstić information content (AvgIpc) is 2.93. The van der Waals surface area contributed by atoms with Gasteiger partial charge < -0.3 is 10.6 Å². The van der Waals surface area contributed by atoms with Crippen molar-refractivity contribution in [3.63, 3.8) is 0 Å². The summed E-state index contributed by atoms with van der Waals surface area (Å²) in [6.45, 7) is 7.70.